The molecule has 0 amide bonds. The average molecular weight is 202 g/mol. The van der Waals surface area contributed by atoms with Crippen molar-refractivity contribution in [2.45, 2.75) is 33.6 Å². The molecule has 2 aromatic rings. The predicted octanol–water partition coefficient (Wildman–Crippen LogP) is 3.54. The summed E-state index contributed by atoms with van der Waals surface area (Å²) in [6, 6.07) is 8.18. The van der Waals surface area contributed by atoms with Gasteiger partial charge in [0.15, 0.2) is 0 Å². The third kappa shape index (κ3) is 2.58. The van der Waals surface area contributed by atoms with Gasteiger partial charge in [-0.15, -0.1) is 0 Å². The van der Waals surface area contributed by atoms with Gasteiger partial charge in [-0.3, -0.25) is 0 Å². The zero-order valence-electron chi connectivity index (χ0n) is 9.67. The summed E-state index contributed by atoms with van der Waals surface area (Å²) < 4.78 is 0. The Morgan fingerprint density at radius 1 is 1.20 bits per heavy atom. The molecule has 0 saturated heterocycles. The lowest BCUT2D eigenvalue weighted by molar-refractivity contribution is 0.375. The van der Waals surface area contributed by atoms with Crippen LogP contribution in [0.2, 0.25) is 0 Å². The maximum Gasteiger partial charge on any atom is 0.107 e. The molecule has 2 nitrogen and oxygen atoms in total. The average Bonchev–Trinajstić information content (AvgIpc) is 2.56. The Hall–Kier alpha value is -1.31. The van der Waals surface area contributed by atoms with Gasteiger partial charge in [-0.25, -0.2) is 4.98 Å². The van der Waals surface area contributed by atoms with Crippen LogP contribution in [0, 0.1) is 5.41 Å². The van der Waals surface area contributed by atoms with E-state index in [1.54, 1.807) is 0 Å². The number of imidazole rings is 1. The molecule has 0 atom stereocenters. The highest BCUT2D eigenvalue weighted by atomic mass is 14.9. The zero-order chi connectivity index (χ0) is 10.9. The Bertz CT molecular complexity index is 416. The molecule has 0 aliphatic heterocycles. The lowest BCUT2D eigenvalue weighted by Crippen LogP contribution is -2.06. The van der Waals surface area contributed by atoms with E-state index >= 15 is 0 Å². The number of aryl methyl sites for hydroxylation is 1. The molecule has 0 radical (unpaired) electrons. The summed E-state index contributed by atoms with van der Waals surface area (Å²) in [5.41, 5.74) is 2.58. The Balaban J connectivity index is 2.16. The van der Waals surface area contributed by atoms with Gasteiger partial charge in [0.25, 0.3) is 0 Å². The number of nitrogens with zero attached hydrogens (tertiary/aromatic N) is 1. The van der Waals surface area contributed by atoms with E-state index in [9.17, 15) is 0 Å². The number of aromatic amines is 1. The molecule has 15 heavy (non-hydrogen) atoms. The van der Waals surface area contributed by atoms with Crippen LogP contribution < -0.4 is 0 Å². The van der Waals surface area contributed by atoms with Crippen LogP contribution in [0.4, 0.5) is 0 Å². The number of nitrogens with one attached hydrogen (secondary N) is 1. The Morgan fingerprint density at radius 2 is 1.93 bits per heavy atom. The fourth-order valence-electron chi connectivity index (χ4n) is 1.62. The van der Waals surface area contributed by atoms with E-state index in [0.717, 1.165) is 29.7 Å². The quantitative estimate of drug-likeness (QED) is 0.792. The molecule has 1 aromatic carbocycles. The van der Waals surface area contributed by atoms with E-state index in [-0.39, 0.29) is 0 Å². The van der Waals surface area contributed by atoms with Crippen molar-refractivity contribution in [1.29, 1.82) is 0 Å². The van der Waals surface area contributed by atoms with Gasteiger partial charge in [0.1, 0.15) is 5.82 Å². The molecule has 1 aromatic heterocycles. The van der Waals surface area contributed by atoms with E-state index in [4.69, 9.17) is 0 Å². The first-order chi connectivity index (χ1) is 7.04. The molecular weight excluding hydrogens is 184 g/mol. The summed E-state index contributed by atoms with van der Waals surface area (Å²) in [5.74, 6) is 1.10. The largest absolute Gasteiger partial charge is 0.342 e. The van der Waals surface area contributed by atoms with E-state index in [1.165, 1.54) is 0 Å². The number of para-hydroxylation sites is 2. The van der Waals surface area contributed by atoms with Crippen LogP contribution in [-0.2, 0) is 6.42 Å². The SMILES string of the molecule is CC(C)(C)CCc1nc2ccccc2[nH]1. The highest BCUT2D eigenvalue weighted by Crippen LogP contribution is 2.21. The van der Waals surface area contributed by atoms with Crippen LogP contribution in [0.25, 0.3) is 11.0 Å². The monoisotopic (exact) mass is 202 g/mol. The second kappa shape index (κ2) is 3.69. The Morgan fingerprint density at radius 3 is 2.60 bits per heavy atom. The lowest BCUT2D eigenvalue weighted by Gasteiger charge is -2.16. The smallest absolute Gasteiger partial charge is 0.107 e. The van der Waals surface area contributed by atoms with E-state index in [2.05, 4.69) is 36.8 Å². The molecule has 0 bridgehead atoms. The highest BCUT2D eigenvalue weighted by Gasteiger charge is 2.11. The van der Waals surface area contributed by atoms with Crippen molar-refractivity contribution in [2.75, 3.05) is 0 Å². The first kappa shape index (κ1) is 10.2. The van der Waals surface area contributed by atoms with Crippen molar-refractivity contribution < 1.29 is 0 Å². The molecule has 0 aliphatic carbocycles. The number of rotatable bonds is 2. The van der Waals surface area contributed by atoms with E-state index in [1.807, 2.05) is 18.2 Å². The molecular formula is C13H18N2. The minimum atomic E-state index is 0.374. The minimum Gasteiger partial charge on any atom is -0.342 e. The molecule has 2 rings (SSSR count). The Labute approximate surface area is 90.7 Å². The van der Waals surface area contributed by atoms with Crippen LogP contribution in [0.3, 0.4) is 0 Å². The zero-order valence-corrected chi connectivity index (χ0v) is 9.67. The van der Waals surface area contributed by atoms with Gasteiger partial charge >= 0.3 is 0 Å². The van der Waals surface area contributed by atoms with Crippen LogP contribution in [-0.4, -0.2) is 9.97 Å². The van der Waals surface area contributed by atoms with Gasteiger partial charge in [-0.2, -0.15) is 0 Å². The third-order valence-electron chi connectivity index (χ3n) is 2.55. The summed E-state index contributed by atoms with van der Waals surface area (Å²) in [7, 11) is 0. The number of fused-ring (bicyclic) bond motifs is 1. The molecule has 0 fully saturated rings. The third-order valence-corrected chi connectivity index (χ3v) is 2.55. The number of H-pyrrole nitrogens is 1. The summed E-state index contributed by atoms with van der Waals surface area (Å²) >= 11 is 0. The minimum absolute atomic E-state index is 0.374. The maximum atomic E-state index is 4.56. The van der Waals surface area contributed by atoms with Crippen LogP contribution >= 0.6 is 0 Å². The Kier molecular flexibility index (Phi) is 2.51. The topological polar surface area (TPSA) is 28.7 Å². The van der Waals surface area contributed by atoms with Crippen LogP contribution in [0.1, 0.15) is 33.0 Å². The van der Waals surface area contributed by atoms with Crippen molar-refractivity contribution in [2.24, 2.45) is 5.41 Å². The van der Waals surface area contributed by atoms with Gasteiger partial charge in [0.05, 0.1) is 11.0 Å². The van der Waals surface area contributed by atoms with E-state index in [0.29, 0.717) is 5.41 Å². The number of benzene rings is 1. The fourth-order valence-corrected chi connectivity index (χ4v) is 1.62. The first-order valence-electron chi connectivity index (χ1n) is 5.48. The van der Waals surface area contributed by atoms with E-state index < -0.39 is 0 Å². The summed E-state index contributed by atoms with van der Waals surface area (Å²) in [4.78, 5) is 7.92. The molecule has 80 valence electrons. The van der Waals surface area contributed by atoms with Gasteiger partial charge in [-0.1, -0.05) is 32.9 Å². The van der Waals surface area contributed by atoms with Crippen molar-refractivity contribution in [1.82, 2.24) is 9.97 Å². The molecule has 0 spiro atoms. The van der Waals surface area contributed by atoms with Crippen molar-refractivity contribution in [3.8, 4) is 0 Å². The number of hydrogen-bond acceptors (Lipinski definition) is 1. The van der Waals surface area contributed by atoms with Crippen molar-refractivity contribution in [3.63, 3.8) is 0 Å². The molecule has 0 aliphatic rings. The van der Waals surface area contributed by atoms with Crippen LogP contribution in [0.15, 0.2) is 24.3 Å². The van der Waals surface area contributed by atoms with Gasteiger partial charge in [0, 0.05) is 6.42 Å². The van der Waals surface area contributed by atoms with Crippen LogP contribution in [0.5, 0.6) is 0 Å². The number of hydrogen-bond donors (Lipinski definition) is 1. The maximum absolute atomic E-state index is 4.56. The summed E-state index contributed by atoms with van der Waals surface area (Å²) in [5, 5.41) is 0. The molecule has 0 saturated carbocycles. The second-order valence-electron chi connectivity index (χ2n) is 5.26. The molecule has 1 heterocycles. The first-order valence-corrected chi connectivity index (χ1v) is 5.48. The van der Waals surface area contributed by atoms with Crippen molar-refractivity contribution >= 4 is 11.0 Å². The highest BCUT2D eigenvalue weighted by molar-refractivity contribution is 5.74. The molecule has 1 N–H and O–H groups in total. The van der Waals surface area contributed by atoms with Gasteiger partial charge in [-0.05, 0) is 24.0 Å². The second-order valence-corrected chi connectivity index (χ2v) is 5.26. The van der Waals surface area contributed by atoms with Gasteiger partial charge in [0.2, 0.25) is 0 Å². The standard InChI is InChI=1S/C13H18N2/c1-13(2,3)9-8-12-14-10-6-4-5-7-11(10)15-12/h4-7H,8-9H2,1-3H3,(H,14,15). The summed E-state index contributed by atoms with van der Waals surface area (Å²) in [6.45, 7) is 6.78. The molecule has 0 unspecified atom stereocenters. The fraction of sp³-hybridized carbons (Fsp3) is 0.462. The summed E-state index contributed by atoms with van der Waals surface area (Å²) in [6.07, 6.45) is 2.19. The lowest BCUT2D eigenvalue weighted by atomic mass is 9.90. The number of aromatic nitrogens is 2. The normalized spacial score (nSPS) is 12.2. The molecule has 2 heteroatoms. The van der Waals surface area contributed by atoms with Crippen molar-refractivity contribution in [3.05, 3.63) is 30.1 Å². The van der Waals surface area contributed by atoms with Gasteiger partial charge < -0.3 is 4.98 Å². The predicted molar refractivity (Wildman–Crippen MR) is 63.9 cm³/mol.